The highest BCUT2D eigenvalue weighted by molar-refractivity contribution is 8.15. The number of benzene rings is 2. The predicted molar refractivity (Wildman–Crippen MR) is 148 cm³/mol. The second-order valence-electron chi connectivity index (χ2n) is 8.60. The highest BCUT2D eigenvalue weighted by Gasteiger charge is 2.31. The number of hydrogen-bond donors (Lipinski definition) is 1. The number of imide groups is 1. The van der Waals surface area contributed by atoms with Crippen molar-refractivity contribution in [1.29, 1.82) is 0 Å². The molecule has 38 heavy (non-hydrogen) atoms. The van der Waals surface area contributed by atoms with Crippen LogP contribution >= 0.6 is 11.8 Å². The summed E-state index contributed by atoms with van der Waals surface area (Å²) in [6.07, 6.45) is 1.97. The van der Waals surface area contributed by atoms with Crippen molar-refractivity contribution in [3.8, 4) is 5.75 Å². The monoisotopic (exact) mass is 557 g/mol. The van der Waals surface area contributed by atoms with E-state index in [2.05, 4.69) is 10.3 Å². The number of carbonyl (C=O) groups is 2. The zero-order valence-electron chi connectivity index (χ0n) is 21.4. The van der Waals surface area contributed by atoms with Gasteiger partial charge in [-0.15, -0.1) is 0 Å². The van der Waals surface area contributed by atoms with Gasteiger partial charge in [-0.05, 0) is 62.2 Å². The summed E-state index contributed by atoms with van der Waals surface area (Å²) < 4.78 is 33.4. The molecular formula is C27H31N3O6S2. The Morgan fingerprint density at radius 3 is 2.26 bits per heavy atom. The minimum absolute atomic E-state index is 0.198. The van der Waals surface area contributed by atoms with E-state index in [0.29, 0.717) is 13.0 Å². The van der Waals surface area contributed by atoms with Gasteiger partial charge < -0.3 is 9.64 Å². The van der Waals surface area contributed by atoms with Gasteiger partial charge >= 0.3 is 0 Å². The standard InChI is InChI=1S/C18H19N3O3S.C9H12O3S/c1-21(16-4-2-3-9-19-16)10-11-24-14-7-5-13(6-8-14)12-15-17(22)20-18(23)25-15;1-8(2)12-13(10,11)9-6-4-3-5-7-9/h2-9,15H,10-12H2,1H3,(H,20,22,23);3-8H,1-2H3. The minimum Gasteiger partial charge on any atom is -0.492 e. The van der Waals surface area contributed by atoms with E-state index in [1.54, 1.807) is 38.2 Å². The number of nitrogens with one attached hydrogen (secondary N) is 1. The Kier molecular flexibility index (Phi) is 10.7. The third-order valence-electron chi connectivity index (χ3n) is 5.20. The first-order valence-corrected chi connectivity index (χ1v) is 14.3. The van der Waals surface area contributed by atoms with E-state index in [-0.39, 0.29) is 27.4 Å². The maximum atomic E-state index is 11.6. The predicted octanol–water partition coefficient (Wildman–Crippen LogP) is 4.29. The maximum absolute atomic E-state index is 11.6. The Bertz CT molecular complexity index is 1290. The first-order chi connectivity index (χ1) is 18.1. The Hall–Kier alpha value is -3.41. The Morgan fingerprint density at radius 1 is 1.00 bits per heavy atom. The lowest BCUT2D eigenvalue weighted by atomic mass is 10.1. The normalized spacial score (nSPS) is 15.0. The highest BCUT2D eigenvalue weighted by atomic mass is 32.2. The Morgan fingerprint density at radius 2 is 1.68 bits per heavy atom. The van der Waals surface area contributed by atoms with E-state index in [0.717, 1.165) is 35.4 Å². The van der Waals surface area contributed by atoms with E-state index < -0.39 is 10.1 Å². The lowest BCUT2D eigenvalue weighted by Gasteiger charge is -2.18. The average molecular weight is 558 g/mol. The molecule has 1 fully saturated rings. The van der Waals surface area contributed by atoms with Crippen molar-refractivity contribution < 1.29 is 26.9 Å². The summed E-state index contributed by atoms with van der Waals surface area (Å²) in [5.74, 6) is 1.47. The Balaban J connectivity index is 0.000000260. The van der Waals surface area contributed by atoms with Gasteiger partial charge in [-0.1, -0.05) is 48.2 Å². The molecule has 1 aliphatic heterocycles. The summed E-state index contributed by atoms with van der Waals surface area (Å²) >= 11 is 1.05. The van der Waals surface area contributed by atoms with Gasteiger partial charge in [0.05, 0.1) is 22.8 Å². The highest BCUT2D eigenvalue weighted by Crippen LogP contribution is 2.24. The molecule has 1 aromatic heterocycles. The molecule has 1 unspecified atom stereocenters. The summed E-state index contributed by atoms with van der Waals surface area (Å²) in [6.45, 7) is 4.63. The average Bonchev–Trinajstić information content (AvgIpc) is 3.22. The van der Waals surface area contributed by atoms with Crippen molar-refractivity contribution in [2.24, 2.45) is 0 Å². The van der Waals surface area contributed by atoms with Crippen LogP contribution in [0.2, 0.25) is 0 Å². The third-order valence-corrected chi connectivity index (χ3v) is 7.67. The molecule has 9 nitrogen and oxygen atoms in total. The summed E-state index contributed by atoms with van der Waals surface area (Å²) in [4.78, 5) is 29.3. The second kappa shape index (κ2) is 13.9. The van der Waals surface area contributed by atoms with Gasteiger partial charge in [0.15, 0.2) is 0 Å². The summed E-state index contributed by atoms with van der Waals surface area (Å²) in [7, 11) is -1.59. The van der Waals surface area contributed by atoms with Crippen LogP contribution in [-0.2, 0) is 25.5 Å². The van der Waals surface area contributed by atoms with Crippen molar-refractivity contribution in [1.82, 2.24) is 10.3 Å². The molecule has 0 spiro atoms. The van der Waals surface area contributed by atoms with Gasteiger partial charge in [0, 0.05) is 13.2 Å². The number of anilines is 1. The van der Waals surface area contributed by atoms with Crippen LogP contribution in [0.4, 0.5) is 10.6 Å². The van der Waals surface area contributed by atoms with Crippen LogP contribution in [0.3, 0.4) is 0 Å². The number of likely N-dealkylation sites (N-methyl/N-ethyl adjacent to an activating group) is 1. The molecule has 0 radical (unpaired) electrons. The van der Waals surface area contributed by atoms with Crippen molar-refractivity contribution >= 4 is 38.8 Å². The van der Waals surface area contributed by atoms with E-state index in [9.17, 15) is 18.0 Å². The lowest BCUT2D eigenvalue weighted by molar-refractivity contribution is -0.118. The third kappa shape index (κ3) is 9.16. The largest absolute Gasteiger partial charge is 0.492 e. The van der Waals surface area contributed by atoms with Gasteiger partial charge in [0.1, 0.15) is 18.2 Å². The molecule has 1 aliphatic rings. The molecule has 2 heterocycles. The fourth-order valence-electron chi connectivity index (χ4n) is 3.35. The van der Waals surface area contributed by atoms with E-state index in [1.165, 1.54) is 12.1 Å². The molecule has 11 heteroatoms. The number of aromatic nitrogens is 1. The molecule has 1 N–H and O–H groups in total. The summed E-state index contributed by atoms with van der Waals surface area (Å²) in [5.41, 5.74) is 1.00. The summed E-state index contributed by atoms with van der Waals surface area (Å²) in [6, 6.07) is 21.5. The zero-order valence-corrected chi connectivity index (χ0v) is 23.1. The number of amides is 2. The lowest BCUT2D eigenvalue weighted by Crippen LogP contribution is -2.25. The van der Waals surface area contributed by atoms with E-state index in [4.69, 9.17) is 8.92 Å². The first-order valence-electron chi connectivity index (χ1n) is 12.0. The Labute approximate surface area is 227 Å². The molecule has 4 rings (SSSR count). The van der Waals surface area contributed by atoms with Crippen molar-refractivity contribution in [3.05, 3.63) is 84.6 Å². The number of carbonyl (C=O) groups excluding carboxylic acids is 2. The van der Waals surface area contributed by atoms with Crippen LogP contribution in [-0.4, -0.2) is 56.1 Å². The molecule has 0 aliphatic carbocycles. The van der Waals surface area contributed by atoms with Gasteiger partial charge in [0.2, 0.25) is 5.91 Å². The maximum Gasteiger partial charge on any atom is 0.297 e. The van der Waals surface area contributed by atoms with Crippen LogP contribution < -0.4 is 15.0 Å². The van der Waals surface area contributed by atoms with Crippen LogP contribution in [0.5, 0.6) is 5.75 Å². The van der Waals surface area contributed by atoms with Gasteiger partial charge in [-0.2, -0.15) is 8.42 Å². The fraction of sp³-hybridized carbons (Fsp3) is 0.296. The zero-order chi connectivity index (χ0) is 27.5. The molecule has 3 aromatic rings. The van der Waals surface area contributed by atoms with Crippen LogP contribution in [0, 0.1) is 0 Å². The molecular weight excluding hydrogens is 526 g/mol. The van der Waals surface area contributed by atoms with E-state index >= 15 is 0 Å². The first kappa shape index (κ1) is 29.2. The number of hydrogen-bond acceptors (Lipinski definition) is 9. The van der Waals surface area contributed by atoms with Crippen molar-refractivity contribution in [3.63, 3.8) is 0 Å². The fourth-order valence-corrected chi connectivity index (χ4v) is 5.32. The molecule has 1 atom stereocenters. The molecule has 0 bridgehead atoms. The molecule has 2 amide bonds. The van der Waals surface area contributed by atoms with Gasteiger partial charge in [-0.25, -0.2) is 4.98 Å². The van der Waals surface area contributed by atoms with Crippen LogP contribution in [0.15, 0.2) is 83.9 Å². The minimum atomic E-state index is -3.56. The van der Waals surface area contributed by atoms with Crippen molar-refractivity contribution in [2.75, 3.05) is 25.1 Å². The van der Waals surface area contributed by atoms with Crippen molar-refractivity contribution in [2.45, 2.75) is 36.5 Å². The number of nitrogens with zero attached hydrogens (tertiary/aromatic N) is 2. The second-order valence-corrected chi connectivity index (χ2v) is 11.3. The topological polar surface area (TPSA) is 115 Å². The quantitative estimate of drug-likeness (QED) is 0.365. The SMILES string of the molecule is CC(C)OS(=O)(=O)c1ccccc1.CN(CCOc1ccc(CC2SC(=O)NC2=O)cc1)c1ccccn1. The van der Waals surface area contributed by atoms with Crippen LogP contribution in [0.25, 0.3) is 0 Å². The summed E-state index contributed by atoms with van der Waals surface area (Å²) in [5, 5.41) is 1.69. The molecule has 1 saturated heterocycles. The molecule has 2 aromatic carbocycles. The van der Waals surface area contributed by atoms with Gasteiger partial charge in [0.25, 0.3) is 15.4 Å². The van der Waals surface area contributed by atoms with Gasteiger partial charge in [-0.3, -0.25) is 19.1 Å². The smallest absolute Gasteiger partial charge is 0.297 e. The molecule has 202 valence electrons. The number of ether oxygens (including phenoxy) is 1. The van der Waals surface area contributed by atoms with Crippen LogP contribution in [0.1, 0.15) is 19.4 Å². The van der Waals surface area contributed by atoms with E-state index in [1.807, 2.05) is 54.4 Å². The molecule has 0 saturated carbocycles. The number of thioether (sulfide) groups is 1. The number of pyridine rings is 1. The number of rotatable bonds is 10.